The van der Waals surface area contributed by atoms with Gasteiger partial charge in [-0.3, -0.25) is 4.79 Å². The third kappa shape index (κ3) is 5.21. The first-order valence-corrected chi connectivity index (χ1v) is 9.90. The maximum atomic E-state index is 13.3. The second-order valence-electron chi connectivity index (χ2n) is 7.23. The molecule has 156 valence electrons. The SMILES string of the molecule is C=CCOc1ccc(CN(C[C@H]2CCCO2)C(=O)c2cc(C)oc2C)cc1OC. The van der Waals surface area contributed by atoms with Crippen molar-refractivity contribution in [2.45, 2.75) is 39.3 Å². The first-order valence-electron chi connectivity index (χ1n) is 9.90. The van der Waals surface area contributed by atoms with Crippen molar-refractivity contribution in [3.63, 3.8) is 0 Å². The highest BCUT2D eigenvalue weighted by Gasteiger charge is 2.26. The van der Waals surface area contributed by atoms with E-state index in [4.69, 9.17) is 18.6 Å². The van der Waals surface area contributed by atoms with Crippen molar-refractivity contribution >= 4 is 5.91 Å². The van der Waals surface area contributed by atoms with Gasteiger partial charge in [0.1, 0.15) is 18.1 Å². The zero-order valence-electron chi connectivity index (χ0n) is 17.4. The summed E-state index contributed by atoms with van der Waals surface area (Å²) in [6.45, 7) is 9.47. The second-order valence-corrected chi connectivity index (χ2v) is 7.23. The highest BCUT2D eigenvalue weighted by atomic mass is 16.5. The normalized spacial score (nSPS) is 15.9. The Hall–Kier alpha value is -2.73. The summed E-state index contributed by atoms with van der Waals surface area (Å²) in [6.07, 6.45) is 3.74. The summed E-state index contributed by atoms with van der Waals surface area (Å²) < 4.78 is 22.4. The number of hydrogen-bond acceptors (Lipinski definition) is 5. The Bertz CT molecular complexity index is 851. The first kappa shape index (κ1) is 21.0. The van der Waals surface area contributed by atoms with Crippen LogP contribution in [0, 0.1) is 13.8 Å². The molecule has 0 bridgehead atoms. The van der Waals surface area contributed by atoms with Gasteiger partial charge in [0.15, 0.2) is 11.5 Å². The molecule has 0 aliphatic carbocycles. The van der Waals surface area contributed by atoms with Gasteiger partial charge < -0.3 is 23.5 Å². The molecule has 0 radical (unpaired) electrons. The summed E-state index contributed by atoms with van der Waals surface area (Å²) in [5, 5.41) is 0. The summed E-state index contributed by atoms with van der Waals surface area (Å²) in [5.74, 6) is 2.59. The smallest absolute Gasteiger partial charge is 0.257 e. The first-order chi connectivity index (χ1) is 14.0. The summed E-state index contributed by atoms with van der Waals surface area (Å²) in [4.78, 5) is 15.1. The molecular formula is C23H29NO5. The second kappa shape index (κ2) is 9.65. The molecular weight excluding hydrogens is 370 g/mol. The number of nitrogens with zero attached hydrogens (tertiary/aromatic N) is 1. The zero-order chi connectivity index (χ0) is 20.8. The van der Waals surface area contributed by atoms with Gasteiger partial charge in [0.2, 0.25) is 0 Å². The van der Waals surface area contributed by atoms with Crippen LogP contribution in [-0.2, 0) is 11.3 Å². The minimum absolute atomic E-state index is 0.0548. The van der Waals surface area contributed by atoms with Gasteiger partial charge in [-0.05, 0) is 50.5 Å². The van der Waals surface area contributed by atoms with Gasteiger partial charge in [0.25, 0.3) is 5.91 Å². The van der Waals surface area contributed by atoms with Crippen LogP contribution in [0.5, 0.6) is 11.5 Å². The van der Waals surface area contributed by atoms with E-state index in [2.05, 4.69) is 6.58 Å². The van der Waals surface area contributed by atoms with Gasteiger partial charge in [-0.2, -0.15) is 0 Å². The van der Waals surface area contributed by atoms with E-state index in [1.54, 1.807) is 19.3 Å². The Labute approximate surface area is 172 Å². The van der Waals surface area contributed by atoms with Crippen molar-refractivity contribution in [2.24, 2.45) is 0 Å². The van der Waals surface area contributed by atoms with E-state index in [0.717, 1.165) is 30.8 Å². The van der Waals surface area contributed by atoms with Crippen LogP contribution in [-0.4, -0.2) is 43.8 Å². The number of benzene rings is 1. The number of carbonyl (C=O) groups is 1. The molecule has 0 N–H and O–H groups in total. The van der Waals surface area contributed by atoms with Crippen LogP contribution in [0.1, 0.15) is 40.3 Å². The minimum Gasteiger partial charge on any atom is -0.493 e. The average molecular weight is 399 g/mol. The number of furan rings is 1. The molecule has 1 aromatic carbocycles. The lowest BCUT2D eigenvalue weighted by atomic mass is 10.1. The van der Waals surface area contributed by atoms with Crippen molar-refractivity contribution in [3.8, 4) is 11.5 Å². The summed E-state index contributed by atoms with van der Waals surface area (Å²) in [5.41, 5.74) is 1.55. The Morgan fingerprint density at radius 1 is 1.31 bits per heavy atom. The Balaban J connectivity index is 1.83. The lowest BCUT2D eigenvalue weighted by molar-refractivity contribution is 0.0505. The monoisotopic (exact) mass is 399 g/mol. The van der Waals surface area contributed by atoms with Crippen molar-refractivity contribution in [2.75, 3.05) is 26.9 Å². The van der Waals surface area contributed by atoms with E-state index in [-0.39, 0.29) is 12.0 Å². The number of hydrogen-bond donors (Lipinski definition) is 0. The number of amides is 1. The molecule has 1 amide bonds. The van der Waals surface area contributed by atoms with Gasteiger partial charge in [0.05, 0.1) is 18.8 Å². The van der Waals surface area contributed by atoms with Crippen molar-refractivity contribution < 1.29 is 23.4 Å². The molecule has 2 heterocycles. The molecule has 1 atom stereocenters. The molecule has 0 spiro atoms. The van der Waals surface area contributed by atoms with E-state index in [0.29, 0.717) is 42.5 Å². The van der Waals surface area contributed by atoms with Gasteiger partial charge in [-0.15, -0.1) is 0 Å². The molecule has 0 saturated carbocycles. The van der Waals surface area contributed by atoms with Gasteiger partial charge in [-0.1, -0.05) is 18.7 Å². The van der Waals surface area contributed by atoms with E-state index < -0.39 is 0 Å². The van der Waals surface area contributed by atoms with Gasteiger partial charge >= 0.3 is 0 Å². The Morgan fingerprint density at radius 2 is 2.14 bits per heavy atom. The van der Waals surface area contributed by atoms with Gasteiger partial charge in [0, 0.05) is 19.7 Å². The van der Waals surface area contributed by atoms with Crippen molar-refractivity contribution in [1.82, 2.24) is 4.90 Å². The summed E-state index contributed by atoms with van der Waals surface area (Å²) in [6, 6.07) is 7.51. The van der Waals surface area contributed by atoms with Crippen LogP contribution in [0.25, 0.3) is 0 Å². The molecule has 29 heavy (non-hydrogen) atoms. The molecule has 1 saturated heterocycles. The third-order valence-electron chi connectivity index (χ3n) is 4.96. The standard InChI is InChI=1S/C23H29NO5/c1-5-10-28-21-9-8-18(13-22(21)26-4)14-24(15-19-7-6-11-27-19)23(25)20-12-16(2)29-17(20)3/h5,8-9,12-13,19H,1,6-7,10-11,14-15H2,2-4H3/t19-/m1/s1. The number of methoxy groups -OCH3 is 1. The van der Waals surface area contributed by atoms with Crippen molar-refractivity contribution in [1.29, 1.82) is 0 Å². The maximum absolute atomic E-state index is 13.3. The Kier molecular flexibility index (Phi) is 6.99. The van der Waals surface area contributed by atoms with E-state index in [1.807, 2.05) is 36.9 Å². The predicted octanol–water partition coefficient (Wildman–Crippen LogP) is 4.29. The molecule has 1 aliphatic rings. The fourth-order valence-electron chi connectivity index (χ4n) is 3.57. The highest BCUT2D eigenvalue weighted by Crippen LogP contribution is 2.29. The molecule has 1 aliphatic heterocycles. The number of rotatable bonds is 9. The third-order valence-corrected chi connectivity index (χ3v) is 4.96. The van der Waals surface area contributed by atoms with Crippen LogP contribution < -0.4 is 9.47 Å². The van der Waals surface area contributed by atoms with Crippen LogP contribution in [0.4, 0.5) is 0 Å². The number of aryl methyl sites for hydroxylation is 2. The van der Waals surface area contributed by atoms with Crippen LogP contribution in [0.15, 0.2) is 41.3 Å². The molecule has 3 rings (SSSR count). The fraction of sp³-hybridized carbons (Fsp3) is 0.435. The molecule has 1 aromatic heterocycles. The molecule has 0 unspecified atom stereocenters. The average Bonchev–Trinajstić information content (AvgIpc) is 3.34. The topological polar surface area (TPSA) is 61.1 Å². The predicted molar refractivity (Wildman–Crippen MR) is 111 cm³/mol. The van der Waals surface area contributed by atoms with E-state index in [9.17, 15) is 4.79 Å². The van der Waals surface area contributed by atoms with Crippen LogP contribution >= 0.6 is 0 Å². The van der Waals surface area contributed by atoms with Crippen LogP contribution in [0.2, 0.25) is 0 Å². The molecule has 6 heteroatoms. The van der Waals surface area contributed by atoms with Crippen molar-refractivity contribution in [3.05, 3.63) is 59.6 Å². The lowest BCUT2D eigenvalue weighted by Gasteiger charge is -2.26. The van der Waals surface area contributed by atoms with E-state index >= 15 is 0 Å². The van der Waals surface area contributed by atoms with Crippen LogP contribution in [0.3, 0.4) is 0 Å². The largest absolute Gasteiger partial charge is 0.493 e. The maximum Gasteiger partial charge on any atom is 0.257 e. The molecule has 1 fully saturated rings. The lowest BCUT2D eigenvalue weighted by Crippen LogP contribution is -2.37. The summed E-state index contributed by atoms with van der Waals surface area (Å²) in [7, 11) is 1.60. The minimum atomic E-state index is -0.0548. The molecule has 6 nitrogen and oxygen atoms in total. The zero-order valence-corrected chi connectivity index (χ0v) is 17.4. The Morgan fingerprint density at radius 3 is 2.76 bits per heavy atom. The van der Waals surface area contributed by atoms with Gasteiger partial charge in [-0.25, -0.2) is 0 Å². The number of carbonyl (C=O) groups excluding carboxylic acids is 1. The fourth-order valence-corrected chi connectivity index (χ4v) is 3.57. The number of ether oxygens (including phenoxy) is 3. The summed E-state index contributed by atoms with van der Waals surface area (Å²) >= 11 is 0. The highest BCUT2D eigenvalue weighted by molar-refractivity contribution is 5.95. The van der Waals surface area contributed by atoms with E-state index in [1.165, 1.54) is 0 Å². The quantitative estimate of drug-likeness (QED) is 0.589. The molecule has 2 aromatic rings.